The Kier molecular flexibility index (Phi) is 5.53. The van der Waals surface area contributed by atoms with Gasteiger partial charge in [0, 0.05) is 32.2 Å². The Hall–Kier alpha value is -1.30. The van der Waals surface area contributed by atoms with E-state index in [1.807, 2.05) is 11.0 Å². The first-order valence-corrected chi connectivity index (χ1v) is 9.29. The number of likely N-dealkylation sites (tertiary alicyclic amines) is 1. The molecule has 0 spiro atoms. The summed E-state index contributed by atoms with van der Waals surface area (Å²) in [6.45, 7) is 3.99. The minimum atomic E-state index is 0.244. The average Bonchev–Trinajstić information content (AvgIpc) is 2.95. The van der Waals surface area contributed by atoms with E-state index >= 15 is 0 Å². The van der Waals surface area contributed by atoms with Crippen LogP contribution in [-0.2, 0) is 4.79 Å². The van der Waals surface area contributed by atoms with Crippen LogP contribution < -0.4 is 4.90 Å². The van der Waals surface area contributed by atoms with Crippen LogP contribution in [0, 0.1) is 0 Å². The second-order valence-corrected chi connectivity index (χ2v) is 6.99. The number of rotatable bonds is 4. The van der Waals surface area contributed by atoms with Crippen molar-refractivity contribution in [3.8, 4) is 0 Å². The third kappa shape index (κ3) is 4.12. The van der Waals surface area contributed by atoms with E-state index in [2.05, 4.69) is 14.9 Å². The van der Waals surface area contributed by atoms with Crippen LogP contribution in [0.5, 0.6) is 0 Å². The molecule has 22 heavy (non-hydrogen) atoms. The summed E-state index contributed by atoms with van der Waals surface area (Å²) in [5.41, 5.74) is 0. The second kappa shape index (κ2) is 7.81. The van der Waals surface area contributed by atoms with Gasteiger partial charge >= 0.3 is 0 Å². The van der Waals surface area contributed by atoms with Crippen molar-refractivity contribution >= 4 is 23.5 Å². The summed E-state index contributed by atoms with van der Waals surface area (Å²) in [5.74, 6) is 1.72. The standard InChI is InChI=1S/C16H24N4OS/c21-16(20-9-3-1-2-4-10-20)12-22-15-11-14(17-13-18-15)19-7-5-6-8-19/h11,13H,1-10,12H2. The Bertz CT molecular complexity index is 497. The van der Waals surface area contributed by atoms with Crippen LogP contribution >= 0.6 is 11.8 Å². The highest BCUT2D eigenvalue weighted by Gasteiger charge is 2.17. The molecule has 2 aliphatic rings. The summed E-state index contributed by atoms with van der Waals surface area (Å²) in [5, 5.41) is 0.903. The van der Waals surface area contributed by atoms with E-state index in [1.54, 1.807) is 6.33 Å². The Morgan fingerprint density at radius 1 is 1.00 bits per heavy atom. The van der Waals surface area contributed by atoms with Gasteiger partial charge in [-0.1, -0.05) is 24.6 Å². The van der Waals surface area contributed by atoms with Crippen molar-refractivity contribution < 1.29 is 4.79 Å². The number of hydrogen-bond acceptors (Lipinski definition) is 5. The highest BCUT2D eigenvalue weighted by Crippen LogP contribution is 2.23. The SMILES string of the molecule is O=C(CSc1cc(N2CCCC2)ncn1)N1CCCCCC1. The van der Waals surface area contributed by atoms with Crippen molar-refractivity contribution in [1.29, 1.82) is 0 Å². The fraction of sp³-hybridized carbons (Fsp3) is 0.688. The van der Waals surface area contributed by atoms with Gasteiger partial charge in [0.25, 0.3) is 0 Å². The van der Waals surface area contributed by atoms with E-state index in [-0.39, 0.29) is 5.91 Å². The van der Waals surface area contributed by atoms with E-state index in [4.69, 9.17) is 0 Å². The maximum Gasteiger partial charge on any atom is 0.232 e. The summed E-state index contributed by atoms with van der Waals surface area (Å²) >= 11 is 1.53. The molecule has 0 bridgehead atoms. The van der Waals surface area contributed by atoms with Gasteiger partial charge in [0.15, 0.2) is 0 Å². The summed E-state index contributed by atoms with van der Waals surface area (Å²) < 4.78 is 0. The number of thioether (sulfide) groups is 1. The van der Waals surface area contributed by atoms with Gasteiger partial charge in [0.1, 0.15) is 17.2 Å². The highest BCUT2D eigenvalue weighted by atomic mass is 32.2. The van der Waals surface area contributed by atoms with Crippen molar-refractivity contribution in [2.45, 2.75) is 43.6 Å². The first-order chi connectivity index (χ1) is 10.8. The molecule has 0 N–H and O–H groups in total. The summed E-state index contributed by atoms with van der Waals surface area (Å²) in [7, 11) is 0. The van der Waals surface area contributed by atoms with Crippen LogP contribution in [0.25, 0.3) is 0 Å². The number of carbonyl (C=O) groups is 1. The van der Waals surface area contributed by atoms with Crippen LogP contribution in [0.4, 0.5) is 5.82 Å². The molecular formula is C16H24N4OS. The zero-order chi connectivity index (χ0) is 15.2. The number of carbonyl (C=O) groups excluding carboxylic acids is 1. The van der Waals surface area contributed by atoms with E-state index in [9.17, 15) is 4.79 Å². The van der Waals surface area contributed by atoms with Crippen LogP contribution in [-0.4, -0.2) is 52.7 Å². The van der Waals surface area contributed by atoms with Crippen LogP contribution in [0.1, 0.15) is 38.5 Å². The normalized spacial score (nSPS) is 19.3. The smallest absolute Gasteiger partial charge is 0.232 e. The van der Waals surface area contributed by atoms with Gasteiger partial charge in [-0.2, -0.15) is 0 Å². The number of aromatic nitrogens is 2. The lowest BCUT2D eigenvalue weighted by Crippen LogP contribution is -2.33. The predicted molar refractivity (Wildman–Crippen MR) is 89.3 cm³/mol. The lowest BCUT2D eigenvalue weighted by molar-refractivity contribution is -0.128. The maximum atomic E-state index is 12.3. The molecule has 1 amide bonds. The highest BCUT2D eigenvalue weighted by molar-refractivity contribution is 7.99. The third-order valence-electron chi connectivity index (χ3n) is 4.36. The van der Waals surface area contributed by atoms with Gasteiger partial charge in [-0.05, 0) is 25.7 Å². The molecule has 5 nitrogen and oxygen atoms in total. The number of anilines is 1. The van der Waals surface area contributed by atoms with Crippen molar-refractivity contribution in [2.75, 3.05) is 36.8 Å². The van der Waals surface area contributed by atoms with E-state index in [1.165, 1.54) is 37.4 Å². The molecule has 120 valence electrons. The second-order valence-electron chi connectivity index (χ2n) is 5.99. The molecular weight excluding hydrogens is 296 g/mol. The van der Waals surface area contributed by atoms with Crippen molar-refractivity contribution in [3.05, 3.63) is 12.4 Å². The minimum Gasteiger partial charge on any atom is -0.356 e. The zero-order valence-corrected chi connectivity index (χ0v) is 13.9. The molecule has 3 heterocycles. The van der Waals surface area contributed by atoms with Gasteiger partial charge in [0.2, 0.25) is 5.91 Å². The number of hydrogen-bond donors (Lipinski definition) is 0. The molecule has 0 saturated carbocycles. The summed E-state index contributed by atoms with van der Waals surface area (Å²) in [4.78, 5) is 25.3. The quantitative estimate of drug-likeness (QED) is 0.630. The van der Waals surface area contributed by atoms with Gasteiger partial charge in [-0.25, -0.2) is 9.97 Å². The van der Waals surface area contributed by atoms with E-state index in [0.29, 0.717) is 5.75 Å². The van der Waals surface area contributed by atoms with Gasteiger partial charge in [-0.3, -0.25) is 4.79 Å². The summed E-state index contributed by atoms with van der Waals surface area (Å²) in [6, 6.07) is 2.02. The Morgan fingerprint density at radius 3 is 2.41 bits per heavy atom. The lowest BCUT2D eigenvalue weighted by atomic mass is 10.2. The van der Waals surface area contributed by atoms with Crippen LogP contribution in [0.2, 0.25) is 0 Å². The molecule has 0 atom stereocenters. The fourth-order valence-electron chi connectivity index (χ4n) is 3.08. The number of nitrogens with zero attached hydrogens (tertiary/aromatic N) is 4. The molecule has 3 rings (SSSR count). The first-order valence-electron chi connectivity index (χ1n) is 8.30. The zero-order valence-electron chi connectivity index (χ0n) is 13.0. The van der Waals surface area contributed by atoms with Crippen LogP contribution in [0.15, 0.2) is 17.4 Å². The van der Waals surface area contributed by atoms with E-state index < -0.39 is 0 Å². The molecule has 0 aliphatic carbocycles. The monoisotopic (exact) mass is 320 g/mol. The number of amides is 1. The Balaban J connectivity index is 1.54. The van der Waals surface area contributed by atoms with Gasteiger partial charge in [-0.15, -0.1) is 0 Å². The molecule has 2 saturated heterocycles. The predicted octanol–water partition coefficient (Wildman–Crippen LogP) is 2.57. The Morgan fingerprint density at radius 2 is 1.68 bits per heavy atom. The summed E-state index contributed by atoms with van der Waals surface area (Å²) in [6.07, 6.45) is 8.88. The maximum absolute atomic E-state index is 12.3. The minimum absolute atomic E-state index is 0.244. The van der Waals surface area contributed by atoms with Crippen molar-refractivity contribution in [3.63, 3.8) is 0 Å². The van der Waals surface area contributed by atoms with E-state index in [0.717, 1.165) is 49.9 Å². The molecule has 2 aliphatic heterocycles. The first kappa shape index (κ1) is 15.6. The lowest BCUT2D eigenvalue weighted by Gasteiger charge is -2.20. The largest absolute Gasteiger partial charge is 0.356 e. The van der Waals surface area contributed by atoms with Crippen LogP contribution in [0.3, 0.4) is 0 Å². The average molecular weight is 320 g/mol. The molecule has 0 unspecified atom stereocenters. The molecule has 6 heteroatoms. The Labute approximate surface area is 136 Å². The molecule has 0 aromatic carbocycles. The fourth-order valence-corrected chi connectivity index (χ4v) is 3.84. The van der Waals surface area contributed by atoms with Gasteiger partial charge < -0.3 is 9.80 Å². The van der Waals surface area contributed by atoms with Crippen molar-refractivity contribution in [1.82, 2.24) is 14.9 Å². The van der Waals surface area contributed by atoms with Crippen molar-refractivity contribution in [2.24, 2.45) is 0 Å². The molecule has 2 fully saturated rings. The molecule has 1 aromatic rings. The molecule has 1 aromatic heterocycles. The topological polar surface area (TPSA) is 49.3 Å². The molecule has 0 radical (unpaired) electrons. The van der Waals surface area contributed by atoms with Gasteiger partial charge in [0.05, 0.1) is 5.75 Å². The third-order valence-corrected chi connectivity index (χ3v) is 5.27.